The molecule has 0 unspecified atom stereocenters. The predicted molar refractivity (Wildman–Crippen MR) is 110 cm³/mol. The summed E-state index contributed by atoms with van der Waals surface area (Å²) in [5.41, 5.74) is 1.81. The molecule has 1 amide bonds. The van der Waals surface area contributed by atoms with Gasteiger partial charge in [0.25, 0.3) is 21.5 Å². The minimum atomic E-state index is -4.00. The molecule has 0 aliphatic heterocycles. The number of sulfonamides is 1. The maximum absolute atomic E-state index is 12.7. The highest BCUT2D eigenvalue weighted by Gasteiger charge is 2.20. The van der Waals surface area contributed by atoms with Crippen molar-refractivity contribution < 1.29 is 13.2 Å². The van der Waals surface area contributed by atoms with Gasteiger partial charge in [-0.3, -0.25) is 15.0 Å². The number of hydrogen-bond acceptors (Lipinski definition) is 5. The number of hydrazine groups is 1. The maximum atomic E-state index is 12.7. The summed E-state index contributed by atoms with van der Waals surface area (Å²) < 4.78 is 26.0. The molecule has 3 rings (SSSR count). The van der Waals surface area contributed by atoms with E-state index in [1.807, 2.05) is 11.8 Å². The quantitative estimate of drug-likeness (QED) is 0.555. The van der Waals surface area contributed by atoms with E-state index in [0.29, 0.717) is 22.3 Å². The second-order valence-corrected chi connectivity index (χ2v) is 8.41. The molecule has 0 bridgehead atoms. The van der Waals surface area contributed by atoms with E-state index in [1.165, 1.54) is 28.9 Å². The number of hydrogen-bond donors (Lipinski definition) is 2. The summed E-state index contributed by atoms with van der Waals surface area (Å²) in [5.74, 6) is -0.774. The normalized spacial score (nSPS) is 11.5. The lowest BCUT2D eigenvalue weighted by Gasteiger charge is -2.12. The van der Waals surface area contributed by atoms with Crippen molar-refractivity contribution >= 4 is 38.3 Å². The number of amides is 1. The highest BCUT2D eigenvalue weighted by molar-refractivity contribution is 7.89. The van der Waals surface area contributed by atoms with Crippen molar-refractivity contribution in [3.05, 3.63) is 69.6 Å². The lowest BCUT2D eigenvalue weighted by molar-refractivity contribution is 0.0939. The van der Waals surface area contributed by atoms with E-state index in [-0.39, 0.29) is 16.1 Å². The first kappa shape index (κ1) is 21.0. The molecule has 0 saturated heterocycles. The van der Waals surface area contributed by atoms with Gasteiger partial charge in [0.05, 0.1) is 10.3 Å². The van der Waals surface area contributed by atoms with Gasteiger partial charge in [0, 0.05) is 17.0 Å². The third-order valence-corrected chi connectivity index (χ3v) is 5.74. The molecule has 0 fully saturated rings. The van der Waals surface area contributed by atoms with Crippen molar-refractivity contribution in [1.29, 1.82) is 0 Å². The predicted octanol–water partition coefficient (Wildman–Crippen LogP) is 2.47. The van der Waals surface area contributed by atoms with Gasteiger partial charge in [0.15, 0.2) is 5.69 Å². The molecule has 29 heavy (non-hydrogen) atoms. The average Bonchev–Trinajstić information content (AvgIpc) is 2.72. The number of aromatic nitrogens is 2. The zero-order chi connectivity index (χ0) is 21.0. The van der Waals surface area contributed by atoms with E-state index >= 15 is 0 Å². The minimum Gasteiger partial charge on any atom is -0.272 e. The number of fused-ring (bicyclic) bond motifs is 1. The van der Waals surface area contributed by atoms with Crippen molar-refractivity contribution in [3.63, 3.8) is 0 Å². The maximum Gasteiger partial charge on any atom is 0.287 e. The SMILES string of the molecule is CCCCn1nc(C(=O)NNS(=O)(=O)c2ccc(Cl)cc2)c2ccccc2c1=O. The molecule has 0 saturated carbocycles. The summed E-state index contributed by atoms with van der Waals surface area (Å²) >= 11 is 5.77. The van der Waals surface area contributed by atoms with Crippen molar-refractivity contribution in [1.82, 2.24) is 20.0 Å². The largest absolute Gasteiger partial charge is 0.287 e. The summed E-state index contributed by atoms with van der Waals surface area (Å²) in [6.07, 6.45) is 1.57. The van der Waals surface area contributed by atoms with Crippen LogP contribution in [0.1, 0.15) is 30.3 Å². The summed E-state index contributed by atoms with van der Waals surface area (Å²) in [6, 6.07) is 12.1. The second-order valence-electron chi connectivity index (χ2n) is 6.29. The van der Waals surface area contributed by atoms with Gasteiger partial charge in [0.1, 0.15) is 0 Å². The number of halogens is 1. The fourth-order valence-corrected chi connectivity index (χ4v) is 3.67. The van der Waals surface area contributed by atoms with Crippen LogP contribution >= 0.6 is 11.6 Å². The molecular weight excluding hydrogens is 416 g/mol. The van der Waals surface area contributed by atoms with Gasteiger partial charge in [0.2, 0.25) is 0 Å². The van der Waals surface area contributed by atoms with Gasteiger partial charge in [-0.15, -0.1) is 4.83 Å². The molecule has 152 valence electrons. The van der Waals surface area contributed by atoms with E-state index in [2.05, 4.69) is 10.5 Å². The third kappa shape index (κ3) is 4.64. The average molecular weight is 435 g/mol. The van der Waals surface area contributed by atoms with Crippen LogP contribution in [-0.4, -0.2) is 24.1 Å². The monoisotopic (exact) mass is 434 g/mol. The minimum absolute atomic E-state index is 0.0462. The first-order valence-electron chi connectivity index (χ1n) is 8.91. The molecule has 2 N–H and O–H groups in total. The standard InChI is InChI=1S/C19H19ClN4O4S/c1-2-3-12-24-19(26)16-7-5-4-6-15(16)17(22-24)18(25)21-23-29(27,28)14-10-8-13(20)9-11-14/h4-11,23H,2-3,12H2,1H3,(H,21,25). The van der Waals surface area contributed by atoms with Crippen LogP contribution < -0.4 is 15.8 Å². The highest BCUT2D eigenvalue weighted by Crippen LogP contribution is 2.15. The number of rotatable bonds is 7. The summed E-state index contributed by atoms with van der Waals surface area (Å²) in [7, 11) is -4.00. The third-order valence-electron chi connectivity index (χ3n) is 4.23. The second kappa shape index (κ2) is 8.73. The van der Waals surface area contributed by atoms with Crippen molar-refractivity contribution in [3.8, 4) is 0 Å². The molecule has 0 radical (unpaired) electrons. The Morgan fingerprint density at radius 2 is 1.76 bits per heavy atom. The molecular formula is C19H19ClN4O4S. The Bertz CT molecular complexity index is 1210. The molecule has 10 heteroatoms. The first-order valence-corrected chi connectivity index (χ1v) is 10.8. The summed E-state index contributed by atoms with van der Waals surface area (Å²) in [6.45, 7) is 2.34. The molecule has 0 atom stereocenters. The number of unbranched alkanes of at least 4 members (excludes halogenated alkanes) is 1. The Kier molecular flexibility index (Phi) is 6.31. The molecule has 1 heterocycles. The topological polar surface area (TPSA) is 110 Å². The molecule has 2 aromatic carbocycles. The van der Waals surface area contributed by atoms with Gasteiger partial charge in [-0.05, 0) is 36.8 Å². The molecule has 0 aliphatic rings. The van der Waals surface area contributed by atoms with E-state index < -0.39 is 15.9 Å². The lowest BCUT2D eigenvalue weighted by atomic mass is 10.1. The van der Waals surface area contributed by atoms with Crippen molar-refractivity contribution in [2.24, 2.45) is 0 Å². The molecule has 1 aromatic heterocycles. The fraction of sp³-hybridized carbons (Fsp3) is 0.211. The van der Waals surface area contributed by atoms with Crippen molar-refractivity contribution in [2.75, 3.05) is 0 Å². The fourth-order valence-electron chi connectivity index (χ4n) is 2.71. The summed E-state index contributed by atoms with van der Waals surface area (Å²) in [4.78, 5) is 27.3. The molecule has 8 nitrogen and oxygen atoms in total. The highest BCUT2D eigenvalue weighted by atomic mass is 35.5. The van der Waals surface area contributed by atoms with Gasteiger partial charge < -0.3 is 0 Å². The zero-order valence-electron chi connectivity index (χ0n) is 15.6. The number of aryl methyl sites for hydroxylation is 1. The van der Waals surface area contributed by atoms with Crippen molar-refractivity contribution in [2.45, 2.75) is 31.2 Å². The Morgan fingerprint density at radius 1 is 1.10 bits per heavy atom. The van der Waals surface area contributed by atoms with E-state index in [1.54, 1.807) is 24.3 Å². The lowest BCUT2D eigenvalue weighted by Crippen LogP contribution is -2.42. The van der Waals surface area contributed by atoms with E-state index in [4.69, 9.17) is 11.6 Å². The Hall–Kier alpha value is -2.75. The molecule has 0 spiro atoms. The van der Waals surface area contributed by atoms with Crippen LogP contribution in [0, 0.1) is 0 Å². The Morgan fingerprint density at radius 3 is 2.41 bits per heavy atom. The number of benzene rings is 2. The van der Waals surface area contributed by atoms with Crippen LogP contribution in [0.2, 0.25) is 5.02 Å². The number of nitrogens with zero attached hydrogens (tertiary/aromatic N) is 2. The van der Waals surface area contributed by atoms with Crippen LogP contribution in [-0.2, 0) is 16.6 Å². The smallest absolute Gasteiger partial charge is 0.272 e. The van der Waals surface area contributed by atoms with Gasteiger partial charge in [-0.1, -0.05) is 43.1 Å². The Labute approximate surface area is 172 Å². The molecule has 0 aliphatic carbocycles. The van der Waals surface area contributed by atoms with Crippen LogP contribution in [0.5, 0.6) is 0 Å². The number of carbonyl (C=O) groups is 1. The van der Waals surface area contributed by atoms with Crippen LogP contribution in [0.4, 0.5) is 0 Å². The van der Waals surface area contributed by atoms with Crippen LogP contribution in [0.25, 0.3) is 10.8 Å². The number of carbonyl (C=O) groups excluding carboxylic acids is 1. The van der Waals surface area contributed by atoms with Crippen LogP contribution in [0.3, 0.4) is 0 Å². The van der Waals surface area contributed by atoms with Gasteiger partial charge in [-0.2, -0.15) is 5.10 Å². The Balaban J connectivity index is 1.91. The van der Waals surface area contributed by atoms with E-state index in [0.717, 1.165) is 12.8 Å². The number of nitrogens with one attached hydrogen (secondary N) is 2. The van der Waals surface area contributed by atoms with Crippen LogP contribution in [0.15, 0.2) is 58.2 Å². The summed E-state index contributed by atoms with van der Waals surface area (Å²) in [5, 5.41) is 5.23. The zero-order valence-corrected chi connectivity index (χ0v) is 17.1. The first-order chi connectivity index (χ1) is 13.8. The van der Waals surface area contributed by atoms with Gasteiger partial charge in [-0.25, -0.2) is 13.1 Å². The molecule has 3 aromatic rings. The van der Waals surface area contributed by atoms with Gasteiger partial charge >= 0.3 is 0 Å². The van der Waals surface area contributed by atoms with E-state index in [9.17, 15) is 18.0 Å².